The summed E-state index contributed by atoms with van der Waals surface area (Å²) in [6.45, 7) is 10.2. The Morgan fingerprint density at radius 1 is 0.849 bits per heavy atom. The largest absolute Gasteiger partial charge is 0.347 e. The number of fused-ring (bicyclic) bond motifs is 4. The second-order valence-electron chi connectivity index (χ2n) is 14.9. The van der Waals surface area contributed by atoms with Gasteiger partial charge in [0.15, 0.2) is 0 Å². The van der Waals surface area contributed by atoms with Crippen LogP contribution in [-0.4, -0.2) is 42.8 Å². The number of hydroxylamine groups is 2. The molecule has 7 nitrogen and oxygen atoms in total. The van der Waals surface area contributed by atoms with E-state index < -0.39 is 17.8 Å². The van der Waals surface area contributed by atoms with Crippen molar-refractivity contribution in [1.29, 1.82) is 0 Å². The summed E-state index contributed by atoms with van der Waals surface area (Å²) in [7, 11) is 2.17. The van der Waals surface area contributed by atoms with Crippen LogP contribution in [0.4, 0.5) is 11.4 Å². The number of benzene rings is 4. The quantitative estimate of drug-likeness (QED) is 0.0487. The van der Waals surface area contributed by atoms with Crippen molar-refractivity contribution in [1.82, 2.24) is 5.06 Å². The van der Waals surface area contributed by atoms with Crippen LogP contribution >= 0.6 is 11.6 Å². The highest BCUT2D eigenvalue weighted by Crippen LogP contribution is 2.50. The van der Waals surface area contributed by atoms with E-state index in [2.05, 4.69) is 160 Å². The van der Waals surface area contributed by atoms with E-state index in [1.807, 2.05) is 0 Å². The van der Waals surface area contributed by atoms with Gasteiger partial charge in [-0.15, -0.1) is 16.7 Å². The van der Waals surface area contributed by atoms with Crippen molar-refractivity contribution < 1.29 is 24.5 Å². The Balaban J connectivity index is 0.00000266. The van der Waals surface area contributed by atoms with Crippen LogP contribution < -0.4 is 10.2 Å². The Labute approximate surface area is 319 Å². The molecule has 2 aliphatic heterocycles. The topological polar surface area (TPSA) is 83.5 Å². The first-order valence-corrected chi connectivity index (χ1v) is 19.3. The number of anilines is 1. The lowest BCUT2D eigenvalue weighted by molar-refractivity contribution is -0.572. The second-order valence-corrected chi connectivity index (χ2v) is 14.9. The van der Waals surface area contributed by atoms with Gasteiger partial charge in [0.25, 0.3) is 11.8 Å². The van der Waals surface area contributed by atoms with Crippen LogP contribution in [-0.2, 0) is 30.1 Å². The number of unbranched alkanes of at least 4 members (excludes halogenated alkanes) is 2. The number of imide groups is 1. The summed E-state index contributed by atoms with van der Waals surface area (Å²) in [5.74, 6) is -1.42. The molecule has 0 spiro atoms. The van der Waals surface area contributed by atoms with Gasteiger partial charge in [-0.05, 0) is 82.5 Å². The fourth-order valence-electron chi connectivity index (χ4n) is 7.81. The number of hydrogen-bond acceptors (Lipinski definition) is 5. The molecule has 53 heavy (non-hydrogen) atoms. The average molecular weight is 735 g/mol. The molecule has 2 heterocycles. The first-order chi connectivity index (χ1) is 25.5. The molecule has 2 N–H and O–H groups in total. The van der Waals surface area contributed by atoms with E-state index in [9.17, 15) is 14.4 Å². The molecular formula is C45H53ClN3O4+. The van der Waals surface area contributed by atoms with Crippen molar-refractivity contribution in [3.05, 3.63) is 120 Å². The Kier molecular flexibility index (Phi) is 13.0. The predicted octanol–water partition coefficient (Wildman–Crippen LogP) is 9.30. The van der Waals surface area contributed by atoms with E-state index in [-0.39, 0.29) is 30.1 Å². The molecule has 0 aliphatic carbocycles. The molecule has 8 heteroatoms. The van der Waals surface area contributed by atoms with Crippen LogP contribution in [0.15, 0.2) is 109 Å². The number of carbonyl (C=O) groups is 3. The fourth-order valence-corrected chi connectivity index (χ4v) is 7.81. The summed E-state index contributed by atoms with van der Waals surface area (Å²) < 4.78 is 0. The minimum Gasteiger partial charge on any atom is -0.347 e. The van der Waals surface area contributed by atoms with Gasteiger partial charge in [-0.25, -0.2) is 4.79 Å². The normalized spacial score (nSPS) is 16.3. The van der Waals surface area contributed by atoms with E-state index in [4.69, 9.17) is 4.84 Å². The van der Waals surface area contributed by atoms with Gasteiger partial charge in [0.05, 0.1) is 6.54 Å². The van der Waals surface area contributed by atoms with Gasteiger partial charge in [0.1, 0.15) is 5.69 Å². The van der Waals surface area contributed by atoms with E-state index in [0.717, 1.165) is 25.8 Å². The summed E-state index contributed by atoms with van der Waals surface area (Å²) in [5, 5.41) is 8.05. The lowest BCUT2D eigenvalue weighted by atomic mass is 9.78. The first-order valence-electron chi connectivity index (χ1n) is 18.6. The first kappa shape index (κ1) is 39.5. The highest BCUT2D eigenvalue weighted by molar-refractivity contribution is 6.15. The number of nitrogens with two attached hydrogens (primary N) is 1. The zero-order chi connectivity index (χ0) is 38.2. The molecule has 4 aromatic rings. The third-order valence-corrected chi connectivity index (χ3v) is 10.4. The van der Waals surface area contributed by atoms with Crippen molar-refractivity contribution in [3.8, 4) is 0 Å². The van der Waals surface area contributed by atoms with Gasteiger partial charge < -0.3 is 15.1 Å². The number of nitrogens with zero attached hydrogens (tertiary/aromatic N) is 2. The van der Waals surface area contributed by atoms with E-state index in [1.54, 1.807) is 0 Å². The fraction of sp³-hybridized carbons (Fsp3) is 0.356. The highest BCUT2D eigenvalue weighted by atomic mass is 35.5. The summed E-state index contributed by atoms with van der Waals surface area (Å²) in [5.41, 5.74) is 6.32. The zero-order valence-electron chi connectivity index (χ0n) is 32.0. The standard InChI is InChI=1S/C44H49N3O4.CH3Cl/c1-43(2,29-15-7-6-9-21-37-44(3,4)42-34-20-14-12-18-32(34)24-26-36(42)46(37)5)41-33-19-13-11-17-31(33)23-25-35(41)45-30-16-8-10-22-40(50)51-47-38(48)27-28-39(47)49;1-2/h6-7,9,11-15,17-21,23-26,45H,8,10,16,22,27-30H2,1-5H3;1H3/p+1/b9-6+,15-7+,37-21+;. The monoisotopic (exact) mass is 734 g/mol. The molecule has 0 aromatic heterocycles. The van der Waals surface area contributed by atoms with Gasteiger partial charge in [-0.3, -0.25) is 9.59 Å². The molecular weight excluding hydrogens is 682 g/mol. The summed E-state index contributed by atoms with van der Waals surface area (Å²) in [6.07, 6.45) is 16.2. The van der Waals surface area contributed by atoms with Crippen molar-refractivity contribution in [2.75, 3.05) is 24.9 Å². The maximum absolute atomic E-state index is 12.2. The number of halogens is 1. The summed E-state index contributed by atoms with van der Waals surface area (Å²) >= 11 is 4.64. The molecule has 0 saturated carbocycles. The van der Waals surface area contributed by atoms with Crippen molar-refractivity contribution in [2.45, 2.75) is 83.5 Å². The molecule has 4 aromatic carbocycles. The molecule has 2 amide bonds. The number of amides is 2. The number of carbonyl (C=O) groups excluding carboxylic acids is 3. The minimum absolute atomic E-state index is 0.103. The summed E-state index contributed by atoms with van der Waals surface area (Å²) in [6, 6.07) is 26.2. The van der Waals surface area contributed by atoms with Crippen molar-refractivity contribution >= 4 is 62.3 Å². The molecule has 6 rings (SSSR count). The molecule has 0 atom stereocenters. The molecule has 0 bridgehead atoms. The lowest BCUT2D eigenvalue weighted by Gasteiger charge is -2.27. The second kappa shape index (κ2) is 17.4. The predicted molar refractivity (Wildman–Crippen MR) is 217 cm³/mol. The maximum atomic E-state index is 12.2. The Bertz CT molecular complexity index is 2050. The molecule has 1 fully saturated rings. The van der Waals surface area contributed by atoms with Crippen molar-refractivity contribution in [2.24, 2.45) is 0 Å². The SMILES string of the molecule is CCl.CN1/C(=C/C=C/C=C/CC(C)(C)c2c([NH2+]CCCCCC(=O)ON3C(=O)CCC3=O)ccc3ccccc23)C(C)(C)c2c1ccc1ccccc21. The van der Waals surface area contributed by atoms with Gasteiger partial charge >= 0.3 is 5.97 Å². The smallest absolute Gasteiger partial charge is 0.333 e. The lowest BCUT2D eigenvalue weighted by Crippen LogP contribution is -2.78. The molecule has 0 radical (unpaired) electrons. The third kappa shape index (κ3) is 8.75. The Hall–Kier alpha value is -4.72. The summed E-state index contributed by atoms with van der Waals surface area (Å²) in [4.78, 5) is 42.9. The Morgan fingerprint density at radius 3 is 2.21 bits per heavy atom. The van der Waals surface area contributed by atoms with Gasteiger partial charge in [0, 0.05) is 55.1 Å². The van der Waals surface area contributed by atoms with Crippen LogP contribution in [0, 0.1) is 0 Å². The number of hydrogen-bond donors (Lipinski definition) is 1. The molecule has 2 aliphatic rings. The van der Waals surface area contributed by atoms with Crippen LogP contribution in [0.25, 0.3) is 21.5 Å². The van der Waals surface area contributed by atoms with E-state index >= 15 is 0 Å². The van der Waals surface area contributed by atoms with Crippen molar-refractivity contribution in [3.63, 3.8) is 0 Å². The molecule has 278 valence electrons. The third-order valence-electron chi connectivity index (χ3n) is 10.4. The minimum atomic E-state index is -0.533. The number of likely N-dealkylation sites (N-methyl/N-ethyl adjacent to an activating group) is 1. The number of alkyl halides is 1. The van der Waals surface area contributed by atoms with Gasteiger partial charge in [-0.1, -0.05) is 107 Å². The number of rotatable bonds is 13. The van der Waals surface area contributed by atoms with E-state index in [0.29, 0.717) is 11.5 Å². The van der Waals surface area contributed by atoms with Crippen LogP contribution in [0.3, 0.4) is 0 Å². The van der Waals surface area contributed by atoms with E-state index in [1.165, 1.54) is 56.1 Å². The zero-order valence-corrected chi connectivity index (χ0v) is 32.7. The highest BCUT2D eigenvalue weighted by Gasteiger charge is 2.39. The number of allylic oxidation sites excluding steroid dienone is 6. The number of quaternary nitrogens is 1. The van der Waals surface area contributed by atoms with Crippen LogP contribution in [0.5, 0.6) is 0 Å². The van der Waals surface area contributed by atoms with Crippen LogP contribution in [0.2, 0.25) is 0 Å². The average Bonchev–Trinajstić information content (AvgIpc) is 3.57. The van der Waals surface area contributed by atoms with Gasteiger partial charge in [-0.2, -0.15) is 0 Å². The van der Waals surface area contributed by atoms with Crippen LogP contribution in [0.1, 0.15) is 83.8 Å². The van der Waals surface area contributed by atoms with Gasteiger partial charge in [0.2, 0.25) is 0 Å². The molecule has 0 unspecified atom stereocenters. The Morgan fingerprint density at radius 2 is 1.49 bits per heavy atom. The maximum Gasteiger partial charge on any atom is 0.333 e. The molecule has 1 saturated heterocycles.